The third-order valence-corrected chi connectivity index (χ3v) is 4.47. The highest BCUT2D eigenvalue weighted by atomic mass is 16.4. The van der Waals surface area contributed by atoms with Gasteiger partial charge in [-0.05, 0) is 62.7 Å². The number of carboxylic acid groups (broad SMARTS) is 1. The fourth-order valence-electron chi connectivity index (χ4n) is 3.06. The molecule has 7 heteroatoms. The molecule has 7 nitrogen and oxygen atoms in total. The summed E-state index contributed by atoms with van der Waals surface area (Å²) >= 11 is 0. The first-order valence-electron chi connectivity index (χ1n) is 8.65. The van der Waals surface area contributed by atoms with Crippen molar-refractivity contribution in [1.82, 2.24) is 15.0 Å². The molecule has 0 aliphatic rings. The number of hydrogen-bond acceptors (Lipinski definition) is 4. The van der Waals surface area contributed by atoms with Gasteiger partial charge in [0, 0.05) is 40.6 Å². The van der Waals surface area contributed by atoms with Crippen molar-refractivity contribution in [3.05, 3.63) is 82.4 Å². The van der Waals surface area contributed by atoms with E-state index in [1.165, 1.54) is 0 Å². The second-order valence-electron chi connectivity index (χ2n) is 6.40. The maximum atomic E-state index is 12.0. The average molecular weight is 376 g/mol. The van der Waals surface area contributed by atoms with E-state index in [-0.39, 0.29) is 11.5 Å². The van der Waals surface area contributed by atoms with Crippen LogP contribution in [0.15, 0.2) is 53.9 Å². The summed E-state index contributed by atoms with van der Waals surface area (Å²) in [6, 6.07) is 10.2. The van der Waals surface area contributed by atoms with Crippen molar-refractivity contribution in [1.29, 1.82) is 0 Å². The van der Waals surface area contributed by atoms with Gasteiger partial charge in [-0.15, -0.1) is 0 Å². The maximum Gasteiger partial charge on any atom is 0.335 e. The Balaban J connectivity index is 1.84. The van der Waals surface area contributed by atoms with E-state index in [0.29, 0.717) is 5.56 Å². The summed E-state index contributed by atoms with van der Waals surface area (Å²) in [4.78, 5) is 27.1. The summed E-state index contributed by atoms with van der Waals surface area (Å²) < 4.78 is 2.03. The lowest BCUT2D eigenvalue weighted by molar-refractivity contribution is 0.0696. The molecule has 0 saturated heterocycles. The molecule has 0 saturated carbocycles. The Bertz CT molecular complexity index is 1070. The van der Waals surface area contributed by atoms with Gasteiger partial charge in [-0.2, -0.15) is 5.10 Å². The Hall–Kier alpha value is -3.74. The Morgan fingerprint density at radius 1 is 1.07 bits per heavy atom. The van der Waals surface area contributed by atoms with Crippen LogP contribution < -0.4 is 5.43 Å². The Labute approximate surface area is 162 Å². The number of carboxylic acids is 1. The molecule has 0 atom stereocenters. The summed E-state index contributed by atoms with van der Waals surface area (Å²) in [6.07, 6.45) is 4.69. The lowest BCUT2D eigenvalue weighted by atomic mass is 10.1. The normalized spacial score (nSPS) is 11.0. The van der Waals surface area contributed by atoms with E-state index in [1.807, 2.05) is 31.4 Å². The van der Waals surface area contributed by atoms with Gasteiger partial charge in [0.2, 0.25) is 0 Å². The number of aryl methyl sites for hydroxylation is 2. The first kappa shape index (κ1) is 19.0. The predicted molar refractivity (Wildman–Crippen MR) is 106 cm³/mol. The topological polar surface area (TPSA) is 96.6 Å². The fraction of sp³-hybridized carbons (Fsp3) is 0.143. The van der Waals surface area contributed by atoms with Crippen molar-refractivity contribution >= 4 is 18.1 Å². The lowest BCUT2D eigenvalue weighted by Crippen LogP contribution is -2.17. The number of benzene rings is 1. The van der Waals surface area contributed by atoms with Crippen LogP contribution in [0.5, 0.6) is 0 Å². The van der Waals surface area contributed by atoms with Crippen LogP contribution in [0.4, 0.5) is 0 Å². The van der Waals surface area contributed by atoms with Crippen molar-refractivity contribution in [2.24, 2.45) is 5.10 Å². The largest absolute Gasteiger partial charge is 0.478 e. The quantitative estimate of drug-likeness (QED) is 0.528. The zero-order valence-corrected chi connectivity index (χ0v) is 15.8. The van der Waals surface area contributed by atoms with E-state index in [4.69, 9.17) is 5.11 Å². The highest BCUT2D eigenvalue weighted by Gasteiger charge is 2.13. The summed E-state index contributed by atoms with van der Waals surface area (Å²) in [6.45, 7) is 5.79. The number of rotatable bonds is 5. The second kappa shape index (κ2) is 7.87. The van der Waals surface area contributed by atoms with Crippen LogP contribution >= 0.6 is 0 Å². The van der Waals surface area contributed by atoms with E-state index in [2.05, 4.69) is 15.5 Å². The number of hydrogen-bond donors (Lipinski definition) is 2. The van der Waals surface area contributed by atoms with Crippen molar-refractivity contribution in [2.75, 3.05) is 0 Å². The van der Waals surface area contributed by atoms with Gasteiger partial charge in [0.1, 0.15) is 0 Å². The third-order valence-electron chi connectivity index (χ3n) is 4.47. The van der Waals surface area contributed by atoms with E-state index < -0.39 is 5.97 Å². The number of hydrazone groups is 1. The SMILES string of the molecule is Cc1cc(C(=O)O)ccc1-n1c(C)cc(/C=N\NC(=O)c2ccncc2)c1C. The maximum absolute atomic E-state index is 12.0. The molecule has 3 aromatic rings. The Morgan fingerprint density at radius 2 is 1.79 bits per heavy atom. The molecule has 2 aromatic heterocycles. The fourth-order valence-corrected chi connectivity index (χ4v) is 3.06. The monoisotopic (exact) mass is 376 g/mol. The van der Waals surface area contributed by atoms with E-state index in [0.717, 1.165) is 28.2 Å². The van der Waals surface area contributed by atoms with Crippen molar-refractivity contribution in [3.8, 4) is 5.69 Å². The summed E-state index contributed by atoms with van der Waals surface area (Å²) in [5.41, 5.74) is 7.76. The van der Waals surface area contributed by atoms with Gasteiger partial charge in [0.25, 0.3) is 5.91 Å². The molecule has 1 aromatic carbocycles. The van der Waals surface area contributed by atoms with Gasteiger partial charge in [-0.3, -0.25) is 9.78 Å². The van der Waals surface area contributed by atoms with Crippen LogP contribution in [0.1, 0.15) is 43.2 Å². The first-order chi connectivity index (χ1) is 13.4. The average Bonchev–Trinajstić information content (AvgIpc) is 2.96. The van der Waals surface area contributed by atoms with Crippen LogP contribution in [0.25, 0.3) is 5.69 Å². The van der Waals surface area contributed by atoms with Gasteiger partial charge in [0.15, 0.2) is 0 Å². The Morgan fingerprint density at radius 3 is 2.43 bits per heavy atom. The number of carbonyl (C=O) groups is 2. The molecule has 3 rings (SSSR count). The highest BCUT2D eigenvalue weighted by molar-refractivity contribution is 5.94. The van der Waals surface area contributed by atoms with E-state index in [9.17, 15) is 9.59 Å². The number of carbonyl (C=O) groups excluding carboxylic acids is 1. The minimum atomic E-state index is -0.951. The molecule has 0 aliphatic carbocycles. The number of nitrogens with zero attached hydrogens (tertiary/aromatic N) is 3. The van der Waals surface area contributed by atoms with Gasteiger partial charge >= 0.3 is 5.97 Å². The molecular weight excluding hydrogens is 356 g/mol. The van der Waals surface area contributed by atoms with Crippen LogP contribution in [0.2, 0.25) is 0 Å². The van der Waals surface area contributed by atoms with Crippen LogP contribution in [0.3, 0.4) is 0 Å². The minimum Gasteiger partial charge on any atom is -0.478 e. The van der Waals surface area contributed by atoms with Crippen LogP contribution in [0, 0.1) is 20.8 Å². The molecule has 0 bridgehead atoms. The van der Waals surface area contributed by atoms with Crippen molar-refractivity contribution < 1.29 is 14.7 Å². The van der Waals surface area contributed by atoms with Gasteiger partial charge < -0.3 is 9.67 Å². The van der Waals surface area contributed by atoms with Gasteiger partial charge in [-0.25, -0.2) is 10.2 Å². The van der Waals surface area contributed by atoms with Gasteiger partial charge in [-0.1, -0.05) is 0 Å². The smallest absolute Gasteiger partial charge is 0.335 e. The van der Waals surface area contributed by atoms with Crippen molar-refractivity contribution in [2.45, 2.75) is 20.8 Å². The molecule has 0 radical (unpaired) electrons. The number of aromatic nitrogens is 2. The standard InChI is InChI=1S/C21H20N4O3/c1-13-10-17(21(27)28)4-5-19(13)25-14(2)11-18(15(25)3)12-23-24-20(26)16-6-8-22-9-7-16/h4-12H,1-3H3,(H,24,26)(H,27,28)/b23-12-. The minimum absolute atomic E-state index is 0.254. The number of nitrogens with one attached hydrogen (secondary N) is 1. The summed E-state index contributed by atoms with van der Waals surface area (Å²) in [7, 11) is 0. The lowest BCUT2D eigenvalue weighted by Gasteiger charge is -2.13. The molecular formula is C21H20N4O3. The van der Waals surface area contributed by atoms with Crippen LogP contribution in [-0.4, -0.2) is 32.7 Å². The van der Waals surface area contributed by atoms with E-state index in [1.54, 1.807) is 48.9 Å². The molecule has 142 valence electrons. The number of amides is 1. The van der Waals surface area contributed by atoms with E-state index >= 15 is 0 Å². The third kappa shape index (κ3) is 3.83. The Kier molecular flexibility index (Phi) is 5.35. The first-order valence-corrected chi connectivity index (χ1v) is 8.65. The zero-order valence-electron chi connectivity index (χ0n) is 15.8. The molecule has 0 unspecified atom stereocenters. The molecule has 2 N–H and O–H groups in total. The second-order valence-corrected chi connectivity index (χ2v) is 6.40. The zero-order chi connectivity index (χ0) is 20.3. The summed E-state index contributed by atoms with van der Waals surface area (Å²) in [5.74, 6) is -1.26. The van der Waals surface area contributed by atoms with Crippen LogP contribution in [-0.2, 0) is 0 Å². The van der Waals surface area contributed by atoms with Gasteiger partial charge in [0.05, 0.1) is 11.8 Å². The van der Waals surface area contributed by atoms with Crippen molar-refractivity contribution in [3.63, 3.8) is 0 Å². The highest BCUT2D eigenvalue weighted by Crippen LogP contribution is 2.23. The molecule has 0 spiro atoms. The molecule has 2 heterocycles. The molecule has 0 fully saturated rings. The predicted octanol–water partition coefficient (Wildman–Crippen LogP) is 3.26. The molecule has 0 aliphatic heterocycles. The number of aromatic carboxylic acids is 1. The number of pyridine rings is 1. The molecule has 1 amide bonds. The summed E-state index contributed by atoms with van der Waals surface area (Å²) in [5, 5.41) is 13.2. The molecule has 28 heavy (non-hydrogen) atoms.